The van der Waals surface area contributed by atoms with Gasteiger partial charge in [0.05, 0.1) is 11.6 Å². The molecule has 2 atom stereocenters. The van der Waals surface area contributed by atoms with Crippen molar-refractivity contribution in [1.29, 1.82) is 0 Å². The second-order valence-corrected chi connectivity index (χ2v) is 6.79. The van der Waals surface area contributed by atoms with Crippen molar-refractivity contribution in [2.24, 2.45) is 0 Å². The molecule has 1 unspecified atom stereocenters. The van der Waals surface area contributed by atoms with Gasteiger partial charge in [0.15, 0.2) is 0 Å². The maximum Gasteiger partial charge on any atom is 0.0593 e. The van der Waals surface area contributed by atoms with E-state index in [1.165, 1.54) is 0 Å². The normalized spacial score (nSPS) is 22.9. The highest BCUT2D eigenvalue weighted by Gasteiger charge is 2.26. The fraction of sp³-hybridized carbons (Fsp3) is 0.600. The van der Waals surface area contributed by atoms with Gasteiger partial charge in [-0.25, -0.2) is 0 Å². The Kier molecular flexibility index (Phi) is 5.87. The van der Waals surface area contributed by atoms with Crippen molar-refractivity contribution in [3.05, 3.63) is 33.3 Å². The summed E-state index contributed by atoms with van der Waals surface area (Å²) in [6.45, 7) is 8.42. The third-order valence-electron chi connectivity index (χ3n) is 4.09. The maximum atomic E-state index is 9.26. The number of benzene rings is 1. The molecule has 1 heterocycles. The number of rotatable bonds is 4. The molecule has 5 heteroatoms. The van der Waals surface area contributed by atoms with Crippen molar-refractivity contribution in [3.63, 3.8) is 0 Å². The van der Waals surface area contributed by atoms with Crippen molar-refractivity contribution in [2.45, 2.75) is 32.5 Å². The first-order valence-corrected chi connectivity index (χ1v) is 8.22. The van der Waals surface area contributed by atoms with E-state index in [4.69, 9.17) is 11.6 Å². The van der Waals surface area contributed by atoms with Crippen LogP contribution in [-0.4, -0.2) is 53.2 Å². The molecule has 0 aromatic heterocycles. The van der Waals surface area contributed by atoms with Crippen molar-refractivity contribution in [2.75, 3.05) is 26.2 Å². The Morgan fingerprint density at radius 1 is 1.45 bits per heavy atom. The summed E-state index contributed by atoms with van der Waals surface area (Å²) >= 11 is 9.82. The topological polar surface area (TPSA) is 26.7 Å². The minimum atomic E-state index is 0.226. The monoisotopic (exact) mass is 360 g/mol. The van der Waals surface area contributed by atoms with Crippen LogP contribution in [0.25, 0.3) is 0 Å². The largest absolute Gasteiger partial charge is 0.395 e. The summed E-state index contributed by atoms with van der Waals surface area (Å²) in [5, 5.41) is 10.1. The van der Waals surface area contributed by atoms with Crippen LogP contribution in [-0.2, 0) is 6.54 Å². The van der Waals surface area contributed by atoms with E-state index in [1.54, 1.807) is 0 Å². The molecule has 20 heavy (non-hydrogen) atoms. The number of hydrogen-bond donors (Lipinski definition) is 1. The van der Waals surface area contributed by atoms with E-state index in [0.717, 1.165) is 41.2 Å². The molecular formula is C15H22BrClN2O. The van der Waals surface area contributed by atoms with Gasteiger partial charge in [-0.05, 0) is 41.4 Å². The highest BCUT2D eigenvalue weighted by Crippen LogP contribution is 2.28. The van der Waals surface area contributed by atoms with Gasteiger partial charge < -0.3 is 5.11 Å². The zero-order valence-electron chi connectivity index (χ0n) is 12.0. The molecule has 112 valence electrons. The lowest BCUT2D eigenvalue weighted by molar-refractivity contribution is 0.0370. The van der Waals surface area contributed by atoms with Crippen LogP contribution >= 0.6 is 27.5 Å². The van der Waals surface area contributed by atoms with Gasteiger partial charge in [0.1, 0.15) is 0 Å². The lowest BCUT2D eigenvalue weighted by Crippen LogP contribution is -2.54. The summed E-state index contributed by atoms with van der Waals surface area (Å²) in [4.78, 5) is 4.80. The summed E-state index contributed by atoms with van der Waals surface area (Å²) in [5.74, 6) is 0. The lowest BCUT2D eigenvalue weighted by atomic mass is 10.1. The molecule has 0 bridgehead atoms. The molecule has 0 radical (unpaired) electrons. The van der Waals surface area contributed by atoms with Crippen LogP contribution in [0.1, 0.15) is 19.4 Å². The number of hydrogen-bond acceptors (Lipinski definition) is 3. The fourth-order valence-corrected chi connectivity index (χ4v) is 3.26. The average molecular weight is 362 g/mol. The van der Waals surface area contributed by atoms with E-state index in [-0.39, 0.29) is 12.6 Å². The van der Waals surface area contributed by atoms with E-state index < -0.39 is 0 Å². The minimum absolute atomic E-state index is 0.226. The third-order valence-corrected chi connectivity index (χ3v) is 5.42. The van der Waals surface area contributed by atoms with Crippen molar-refractivity contribution in [3.8, 4) is 0 Å². The first-order chi connectivity index (χ1) is 9.52. The maximum absolute atomic E-state index is 9.26. The molecule has 2 rings (SSSR count). The lowest BCUT2D eigenvalue weighted by Gasteiger charge is -2.42. The molecule has 1 saturated heterocycles. The van der Waals surface area contributed by atoms with Crippen LogP contribution in [0.2, 0.25) is 5.02 Å². The van der Waals surface area contributed by atoms with Gasteiger partial charge in [-0.2, -0.15) is 0 Å². The smallest absolute Gasteiger partial charge is 0.0593 e. The average Bonchev–Trinajstić information content (AvgIpc) is 2.45. The molecule has 1 aliphatic heterocycles. The molecule has 0 amide bonds. The number of piperazine rings is 1. The fourth-order valence-electron chi connectivity index (χ4n) is 2.66. The molecule has 0 spiro atoms. The quantitative estimate of drug-likeness (QED) is 0.893. The van der Waals surface area contributed by atoms with Crippen LogP contribution in [0.4, 0.5) is 0 Å². The zero-order valence-corrected chi connectivity index (χ0v) is 14.4. The molecule has 1 N–H and O–H groups in total. The molecule has 1 fully saturated rings. The number of nitrogens with zero attached hydrogens (tertiary/aromatic N) is 2. The Morgan fingerprint density at radius 2 is 2.20 bits per heavy atom. The van der Waals surface area contributed by atoms with E-state index in [2.05, 4.69) is 45.6 Å². The molecule has 3 nitrogen and oxygen atoms in total. The van der Waals surface area contributed by atoms with Gasteiger partial charge in [-0.15, -0.1) is 0 Å². The number of aliphatic hydroxyl groups is 1. The molecule has 0 aliphatic carbocycles. The summed E-state index contributed by atoms with van der Waals surface area (Å²) in [6, 6.07) is 6.79. The zero-order chi connectivity index (χ0) is 14.7. The van der Waals surface area contributed by atoms with Crippen LogP contribution in [0.5, 0.6) is 0 Å². The molecular weight excluding hydrogens is 340 g/mol. The van der Waals surface area contributed by atoms with Gasteiger partial charge in [0, 0.05) is 42.7 Å². The highest BCUT2D eigenvalue weighted by atomic mass is 79.9. The SMILES string of the molecule is CC(CO)N1CCN(Cc2cccc(Br)c2Cl)[C@@H](C)C1. The first kappa shape index (κ1) is 16.2. The predicted octanol–water partition coefficient (Wildman–Crippen LogP) is 2.99. The third kappa shape index (κ3) is 3.74. The molecule has 1 aliphatic rings. The Morgan fingerprint density at radius 3 is 2.85 bits per heavy atom. The highest BCUT2D eigenvalue weighted by molar-refractivity contribution is 9.10. The Hall–Kier alpha value is -0.130. The first-order valence-electron chi connectivity index (χ1n) is 7.04. The Labute approximate surface area is 134 Å². The number of aliphatic hydroxyl groups excluding tert-OH is 1. The van der Waals surface area contributed by atoms with Gasteiger partial charge >= 0.3 is 0 Å². The van der Waals surface area contributed by atoms with E-state index in [9.17, 15) is 5.11 Å². The van der Waals surface area contributed by atoms with E-state index in [1.807, 2.05) is 12.1 Å². The summed E-state index contributed by atoms with van der Waals surface area (Å²) in [6.07, 6.45) is 0. The van der Waals surface area contributed by atoms with Gasteiger partial charge in [-0.3, -0.25) is 9.80 Å². The molecule has 1 aromatic rings. The van der Waals surface area contributed by atoms with Crippen molar-refractivity contribution < 1.29 is 5.11 Å². The Balaban J connectivity index is 2.00. The van der Waals surface area contributed by atoms with Gasteiger partial charge in [-0.1, -0.05) is 23.7 Å². The van der Waals surface area contributed by atoms with Crippen LogP contribution in [0.3, 0.4) is 0 Å². The van der Waals surface area contributed by atoms with Crippen molar-refractivity contribution in [1.82, 2.24) is 9.80 Å². The summed E-state index contributed by atoms with van der Waals surface area (Å²) in [7, 11) is 0. The van der Waals surface area contributed by atoms with E-state index in [0.29, 0.717) is 6.04 Å². The standard InChI is InChI=1S/C15H22BrClN2O/c1-11-8-18(12(2)10-20)6-7-19(11)9-13-4-3-5-14(16)15(13)17/h3-5,11-12,20H,6-10H2,1-2H3/t11-,12?/m0/s1. The van der Waals surface area contributed by atoms with Crippen LogP contribution < -0.4 is 0 Å². The second kappa shape index (κ2) is 7.23. The van der Waals surface area contributed by atoms with Crippen LogP contribution in [0.15, 0.2) is 22.7 Å². The Bertz CT molecular complexity index is 457. The second-order valence-electron chi connectivity index (χ2n) is 5.56. The van der Waals surface area contributed by atoms with Crippen molar-refractivity contribution >= 4 is 27.5 Å². The van der Waals surface area contributed by atoms with Gasteiger partial charge in [0.2, 0.25) is 0 Å². The van der Waals surface area contributed by atoms with Crippen LogP contribution in [0, 0.1) is 0 Å². The summed E-state index contributed by atoms with van der Waals surface area (Å²) in [5.41, 5.74) is 1.16. The number of halogens is 2. The molecule has 0 saturated carbocycles. The predicted molar refractivity (Wildman–Crippen MR) is 87.1 cm³/mol. The minimum Gasteiger partial charge on any atom is -0.395 e. The summed E-state index contributed by atoms with van der Waals surface area (Å²) < 4.78 is 0.955. The van der Waals surface area contributed by atoms with E-state index >= 15 is 0 Å². The van der Waals surface area contributed by atoms with Gasteiger partial charge in [0.25, 0.3) is 0 Å². The molecule has 1 aromatic carbocycles.